The van der Waals surface area contributed by atoms with Crippen molar-refractivity contribution in [3.05, 3.63) is 53.6 Å². The van der Waals surface area contributed by atoms with E-state index in [2.05, 4.69) is 20.9 Å². The maximum Gasteiger partial charge on any atom is 0.278 e. The summed E-state index contributed by atoms with van der Waals surface area (Å²) in [5, 5.41) is 7.64. The normalized spacial score (nSPS) is 10.5. The van der Waals surface area contributed by atoms with Crippen molar-refractivity contribution in [1.29, 1.82) is 0 Å². The second-order valence-electron chi connectivity index (χ2n) is 5.60. The average Bonchev–Trinajstić information content (AvgIpc) is 3.08. The van der Waals surface area contributed by atoms with E-state index in [4.69, 9.17) is 21.2 Å². The molecule has 0 radical (unpaired) electrons. The van der Waals surface area contributed by atoms with Crippen LogP contribution in [0.4, 0.5) is 11.4 Å². The fourth-order valence-electron chi connectivity index (χ4n) is 2.65. The van der Waals surface area contributed by atoms with E-state index in [0.29, 0.717) is 17.1 Å². The summed E-state index contributed by atoms with van der Waals surface area (Å²) in [6.45, 7) is 0. The van der Waals surface area contributed by atoms with Crippen LogP contribution >= 0.6 is 11.6 Å². The van der Waals surface area contributed by atoms with E-state index in [0.717, 1.165) is 11.1 Å². The number of carbonyl (C=O) groups is 1. The van der Waals surface area contributed by atoms with Gasteiger partial charge in [-0.05, 0) is 12.1 Å². The standard InChI is InChI=1S/C18H18ClN5O3/c1-24-10-11(8-21-24)12-5-4-6-14(17(12)26-2)22-15-7-16(19)20-9-13(15)18(25)23-27-3/h4-10H,1-3H3,(H,20,22)(H,23,25). The summed E-state index contributed by atoms with van der Waals surface area (Å²) in [5.41, 5.74) is 5.43. The van der Waals surface area contributed by atoms with Crippen LogP contribution in [-0.2, 0) is 11.9 Å². The Hall–Kier alpha value is -3.10. The number of rotatable bonds is 6. The molecular weight excluding hydrogens is 370 g/mol. The van der Waals surface area contributed by atoms with Crippen LogP contribution in [0.25, 0.3) is 11.1 Å². The number of hydrogen-bond acceptors (Lipinski definition) is 6. The van der Waals surface area contributed by atoms with Gasteiger partial charge in [0.2, 0.25) is 0 Å². The maximum atomic E-state index is 12.2. The zero-order chi connectivity index (χ0) is 19.4. The quantitative estimate of drug-likeness (QED) is 0.498. The molecule has 0 spiro atoms. The van der Waals surface area contributed by atoms with Gasteiger partial charge < -0.3 is 10.1 Å². The van der Waals surface area contributed by atoms with E-state index in [1.807, 2.05) is 31.4 Å². The van der Waals surface area contributed by atoms with Crippen LogP contribution in [0, 0.1) is 0 Å². The highest BCUT2D eigenvalue weighted by Gasteiger charge is 2.17. The van der Waals surface area contributed by atoms with Gasteiger partial charge in [-0.25, -0.2) is 10.5 Å². The molecule has 1 amide bonds. The van der Waals surface area contributed by atoms with Crippen LogP contribution in [0.2, 0.25) is 5.15 Å². The van der Waals surface area contributed by atoms with Gasteiger partial charge in [-0.2, -0.15) is 5.10 Å². The van der Waals surface area contributed by atoms with Crippen molar-refractivity contribution in [3.63, 3.8) is 0 Å². The van der Waals surface area contributed by atoms with Crippen LogP contribution in [-0.4, -0.2) is 34.9 Å². The molecule has 0 fully saturated rings. The van der Waals surface area contributed by atoms with Gasteiger partial charge in [-0.1, -0.05) is 23.7 Å². The van der Waals surface area contributed by atoms with Gasteiger partial charge in [-0.3, -0.25) is 14.3 Å². The van der Waals surface area contributed by atoms with Crippen molar-refractivity contribution in [3.8, 4) is 16.9 Å². The number of aryl methyl sites for hydroxylation is 1. The Kier molecular flexibility index (Phi) is 5.58. The Morgan fingerprint density at radius 1 is 1.22 bits per heavy atom. The van der Waals surface area contributed by atoms with E-state index in [9.17, 15) is 4.79 Å². The predicted octanol–water partition coefficient (Wildman–Crippen LogP) is 3.18. The minimum absolute atomic E-state index is 0.244. The average molecular weight is 388 g/mol. The van der Waals surface area contributed by atoms with Crippen LogP contribution in [0.5, 0.6) is 5.75 Å². The number of hydrogen-bond donors (Lipinski definition) is 2. The fraction of sp³-hybridized carbons (Fsp3) is 0.167. The largest absolute Gasteiger partial charge is 0.494 e. The molecule has 0 aliphatic carbocycles. The zero-order valence-corrected chi connectivity index (χ0v) is 15.7. The van der Waals surface area contributed by atoms with Crippen molar-refractivity contribution in [2.45, 2.75) is 0 Å². The number of nitrogens with zero attached hydrogens (tertiary/aromatic N) is 3. The van der Waals surface area contributed by atoms with Crippen molar-refractivity contribution < 1.29 is 14.4 Å². The van der Waals surface area contributed by atoms with Gasteiger partial charge in [0.05, 0.1) is 37.4 Å². The molecule has 140 valence electrons. The van der Waals surface area contributed by atoms with Crippen molar-refractivity contribution in [2.24, 2.45) is 7.05 Å². The lowest BCUT2D eigenvalue weighted by molar-refractivity contribution is 0.0538. The van der Waals surface area contributed by atoms with E-state index in [-0.39, 0.29) is 10.7 Å². The number of nitrogens with one attached hydrogen (secondary N) is 2. The molecule has 0 unspecified atom stereocenters. The number of aromatic nitrogens is 3. The third kappa shape index (κ3) is 4.02. The number of amides is 1. The van der Waals surface area contributed by atoms with Gasteiger partial charge in [0.25, 0.3) is 5.91 Å². The molecule has 2 aromatic heterocycles. The summed E-state index contributed by atoms with van der Waals surface area (Å²) in [5.74, 6) is 0.156. The van der Waals surface area contributed by atoms with Crippen molar-refractivity contribution in [1.82, 2.24) is 20.2 Å². The molecule has 9 heteroatoms. The molecule has 0 atom stereocenters. The monoisotopic (exact) mass is 387 g/mol. The molecule has 8 nitrogen and oxygen atoms in total. The number of para-hydroxylation sites is 1. The lowest BCUT2D eigenvalue weighted by Gasteiger charge is -2.16. The van der Waals surface area contributed by atoms with E-state index in [1.165, 1.54) is 13.3 Å². The Bertz CT molecular complexity index is 973. The fourth-order valence-corrected chi connectivity index (χ4v) is 2.81. The number of ether oxygens (including phenoxy) is 1. The summed E-state index contributed by atoms with van der Waals surface area (Å²) < 4.78 is 7.33. The third-order valence-electron chi connectivity index (χ3n) is 3.81. The summed E-state index contributed by atoms with van der Waals surface area (Å²) in [4.78, 5) is 20.9. The first-order valence-corrected chi connectivity index (χ1v) is 8.33. The van der Waals surface area contributed by atoms with Crippen LogP contribution in [0.1, 0.15) is 10.4 Å². The Morgan fingerprint density at radius 2 is 2.04 bits per heavy atom. The number of methoxy groups -OCH3 is 1. The minimum atomic E-state index is -0.452. The van der Waals surface area contributed by atoms with Crippen LogP contribution in [0.3, 0.4) is 0 Å². The molecule has 0 saturated heterocycles. The SMILES string of the molecule is CONC(=O)c1cnc(Cl)cc1Nc1cccc(-c2cnn(C)c2)c1OC. The van der Waals surface area contributed by atoms with Crippen LogP contribution in [0.15, 0.2) is 42.9 Å². The van der Waals surface area contributed by atoms with Gasteiger partial charge in [0, 0.05) is 30.6 Å². The molecule has 27 heavy (non-hydrogen) atoms. The van der Waals surface area contributed by atoms with E-state index < -0.39 is 5.91 Å². The Balaban J connectivity index is 2.04. The van der Waals surface area contributed by atoms with Crippen molar-refractivity contribution in [2.75, 3.05) is 19.5 Å². The van der Waals surface area contributed by atoms with Crippen molar-refractivity contribution >= 4 is 28.9 Å². The lowest BCUT2D eigenvalue weighted by atomic mass is 10.1. The van der Waals surface area contributed by atoms with Gasteiger partial charge in [-0.15, -0.1) is 0 Å². The van der Waals surface area contributed by atoms with Gasteiger partial charge >= 0.3 is 0 Å². The maximum absolute atomic E-state index is 12.2. The highest BCUT2D eigenvalue weighted by molar-refractivity contribution is 6.29. The third-order valence-corrected chi connectivity index (χ3v) is 4.02. The Morgan fingerprint density at radius 3 is 2.70 bits per heavy atom. The molecular formula is C18H18ClN5O3. The second-order valence-corrected chi connectivity index (χ2v) is 5.99. The highest BCUT2D eigenvalue weighted by atomic mass is 35.5. The number of anilines is 2. The topological polar surface area (TPSA) is 90.3 Å². The number of pyridine rings is 1. The summed E-state index contributed by atoms with van der Waals surface area (Å²) in [7, 11) is 4.78. The molecule has 0 saturated carbocycles. The van der Waals surface area contributed by atoms with Gasteiger partial charge in [0.15, 0.2) is 0 Å². The molecule has 3 rings (SSSR count). The summed E-state index contributed by atoms with van der Waals surface area (Å²) in [6, 6.07) is 7.21. The predicted molar refractivity (Wildman–Crippen MR) is 102 cm³/mol. The lowest BCUT2D eigenvalue weighted by Crippen LogP contribution is -2.23. The molecule has 0 aliphatic heterocycles. The zero-order valence-electron chi connectivity index (χ0n) is 15.0. The first kappa shape index (κ1) is 18.7. The Labute approximate surface area is 161 Å². The number of carbonyl (C=O) groups excluding carboxylic acids is 1. The molecule has 1 aromatic carbocycles. The second kappa shape index (κ2) is 8.07. The van der Waals surface area contributed by atoms with Gasteiger partial charge in [0.1, 0.15) is 10.9 Å². The first-order chi connectivity index (χ1) is 13.0. The first-order valence-electron chi connectivity index (χ1n) is 7.95. The highest BCUT2D eigenvalue weighted by Crippen LogP contribution is 2.38. The molecule has 2 N–H and O–H groups in total. The number of halogens is 1. The number of benzene rings is 1. The van der Waals surface area contributed by atoms with E-state index >= 15 is 0 Å². The molecule has 0 aliphatic rings. The minimum Gasteiger partial charge on any atom is -0.494 e. The molecule has 0 bridgehead atoms. The van der Waals surface area contributed by atoms with Crippen LogP contribution < -0.4 is 15.5 Å². The summed E-state index contributed by atoms with van der Waals surface area (Å²) in [6.07, 6.45) is 5.02. The molecule has 3 aromatic rings. The number of hydroxylamine groups is 1. The van der Waals surface area contributed by atoms with E-state index in [1.54, 1.807) is 24.1 Å². The molecule has 2 heterocycles. The summed E-state index contributed by atoms with van der Waals surface area (Å²) >= 11 is 6.01. The smallest absolute Gasteiger partial charge is 0.278 e.